The van der Waals surface area contributed by atoms with Crippen LogP contribution in [0.1, 0.15) is 54.0 Å². The molecule has 0 spiro atoms. The van der Waals surface area contributed by atoms with Crippen LogP contribution in [0.2, 0.25) is 5.02 Å². The molecule has 0 aliphatic rings. The van der Waals surface area contributed by atoms with Gasteiger partial charge in [0.1, 0.15) is 0 Å². The summed E-state index contributed by atoms with van der Waals surface area (Å²) in [6, 6.07) is 6.56. The molecule has 120 valence electrons. The minimum absolute atomic E-state index is 0.0911. The monoisotopic (exact) mass is 310 g/mol. The van der Waals surface area contributed by atoms with Crippen molar-refractivity contribution in [2.75, 3.05) is 11.9 Å². The lowest BCUT2D eigenvalue weighted by atomic mass is 9.86. The molecule has 1 aromatic carbocycles. The van der Waals surface area contributed by atoms with Crippen LogP contribution in [0.5, 0.6) is 0 Å². The van der Waals surface area contributed by atoms with Gasteiger partial charge >= 0.3 is 0 Å². The summed E-state index contributed by atoms with van der Waals surface area (Å²) in [6.45, 7) is 16.4. The fourth-order valence-corrected chi connectivity index (χ4v) is 2.56. The summed E-state index contributed by atoms with van der Waals surface area (Å²) < 4.78 is 0. The van der Waals surface area contributed by atoms with Crippen LogP contribution in [0.15, 0.2) is 18.2 Å². The van der Waals surface area contributed by atoms with Gasteiger partial charge in [0.15, 0.2) is 0 Å². The number of halogens is 1. The van der Waals surface area contributed by atoms with Crippen molar-refractivity contribution >= 4 is 17.3 Å². The molecule has 0 aromatic heterocycles. The minimum Gasteiger partial charge on any atom is -0.370 e. The van der Waals surface area contributed by atoms with E-state index in [1.54, 1.807) is 0 Å². The number of rotatable bonds is 4. The Morgan fingerprint density at radius 3 is 2.19 bits per heavy atom. The Kier molecular flexibility index (Phi) is 5.74. The highest BCUT2D eigenvalue weighted by molar-refractivity contribution is 6.33. The second kappa shape index (κ2) is 6.58. The minimum atomic E-state index is 0.0911. The third-order valence-corrected chi connectivity index (χ3v) is 4.37. The third-order valence-electron chi connectivity index (χ3n) is 4.07. The maximum Gasteiger partial charge on any atom is 0.0642 e. The van der Waals surface area contributed by atoms with Crippen molar-refractivity contribution in [2.24, 2.45) is 5.41 Å². The lowest BCUT2D eigenvalue weighted by Gasteiger charge is -2.38. The molecule has 21 heavy (non-hydrogen) atoms. The van der Waals surface area contributed by atoms with Crippen LogP contribution < -0.4 is 10.2 Å². The zero-order chi connectivity index (χ0) is 16.4. The van der Waals surface area contributed by atoms with E-state index in [4.69, 9.17) is 11.6 Å². The molecule has 0 aliphatic heterocycles. The Hall–Kier alpha value is -0.730. The van der Waals surface area contributed by atoms with Crippen molar-refractivity contribution in [1.29, 1.82) is 0 Å². The normalized spacial score (nSPS) is 14.1. The number of nitrogens with one attached hydrogen (secondary N) is 1. The van der Waals surface area contributed by atoms with Crippen LogP contribution in [0.25, 0.3) is 0 Å². The Bertz CT molecular complexity index is 469. The first-order chi connectivity index (χ1) is 9.43. The molecule has 0 saturated heterocycles. The summed E-state index contributed by atoms with van der Waals surface area (Å²) in [5.41, 5.74) is 2.67. The summed E-state index contributed by atoms with van der Waals surface area (Å²) >= 11 is 6.50. The highest BCUT2D eigenvalue weighted by Gasteiger charge is 2.26. The van der Waals surface area contributed by atoms with Gasteiger partial charge in [-0.25, -0.2) is 0 Å². The van der Waals surface area contributed by atoms with Crippen LogP contribution in [0.4, 0.5) is 5.69 Å². The standard InChI is InChI=1S/C18H31ClN2/c1-13(17(2,3)4)21(8)16-14(10-9-11-15(16)19)12-20-18(5,6)7/h9-11,13,20H,12H2,1-8H3. The maximum atomic E-state index is 6.50. The zero-order valence-electron chi connectivity index (χ0n) is 14.8. The van der Waals surface area contributed by atoms with Crippen molar-refractivity contribution in [2.45, 2.75) is 66.6 Å². The number of nitrogens with zero attached hydrogens (tertiary/aromatic N) is 1. The van der Waals surface area contributed by atoms with Crippen LogP contribution in [-0.4, -0.2) is 18.6 Å². The van der Waals surface area contributed by atoms with Gasteiger partial charge in [-0.3, -0.25) is 0 Å². The average molecular weight is 311 g/mol. The largest absolute Gasteiger partial charge is 0.370 e. The van der Waals surface area contributed by atoms with E-state index in [0.29, 0.717) is 6.04 Å². The average Bonchev–Trinajstić information content (AvgIpc) is 2.32. The van der Waals surface area contributed by atoms with Gasteiger partial charge in [0, 0.05) is 25.2 Å². The SMILES string of the molecule is CC(N(C)c1c(Cl)cccc1CNC(C)(C)C)C(C)(C)C. The van der Waals surface area contributed by atoms with Crippen LogP contribution >= 0.6 is 11.6 Å². The maximum absolute atomic E-state index is 6.50. The van der Waals surface area contributed by atoms with Gasteiger partial charge < -0.3 is 10.2 Å². The molecule has 0 aliphatic carbocycles. The number of anilines is 1. The molecule has 1 aromatic rings. The number of hydrogen-bond acceptors (Lipinski definition) is 2. The van der Waals surface area contributed by atoms with Gasteiger partial charge in [0.05, 0.1) is 10.7 Å². The molecule has 0 fully saturated rings. The molecule has 0 saturated carbocycles. The molecule has 1 N–H and O–H groups in total. The van der Waals surface area contributed by atoms with E-state index in [0.717, 1.165) is 17.3 Å². The highest BCUT2D eigenvalue weighted by Crippen LogP contribution is 2.34. The summed E-state index contributed by atoms with van der Waals surface area (Å²) in [6.07, 6.45) is 0. The van der Waals surface area contributed by atoms with E-state index in [1.807, 2.05) is 12.1 Å². The first kappa shape index (κ1) is 18.3. The van der Waals surface area contributed by atoms with Gasteiger partial charge in [-0.15, -0.1) is 0 Å². The fourth-order valence-electron chi connectivity index (χ4n) is 2.23. The molecule has 3 heteroatoms. The van der Waals surface area contributed by atoms with Crippen LogP contribution in [-0.2, 0) is 6.54 Å². The molecule has 0 heterocycles. The Labute approximate surface area is 135 Å². The summed E-state index contributed by atoms with van der Waals surface area (Å²) in [5, 5.41) is 4.37. The summed E-state index contributed by atoms with van der Waals surface area (Å²) in [7, 11) is 2.14. The van der Waals surface area contributed by atoms with Gasteiger partial charge in [0.25, 0.3) is 0 Å². The second-order valence-electron chi connectivity index (χ2n) is 8.00. The second-order valence-corrected chi connectivity index (χ2v) is 8.41. The van der Waals surface area contributed by atoms with E-state index in [1.165, 1.54) is 5.56 Å². The summed E-state index contributed by atoms with van der Waals surface area (Å²) in [5.74, 6) is 0. The first-order valence-corrected chi connectivity index (χ1v) is 8.06. The van der Waals surface area contributed by atoms with Crippen molar-refractivity contribution in [3.05, 3.63) is 28.8 Å². The molecule has 1 rings (SSSR count). The number of para-hydroxylation sites is 1. The van der Waals surface area contributed by atoms with E-state index >= 15 is 0 Å². The van der Waals surface area contributed by atoms with Crippen molar-refractivity contribution < 1.29 is 0 Å². The molecule has 0 bridgehead atoms. The third kappa shape index (κ3) is 5.19. The van der Waals surface area contributed by atoms with Crippen molar-refractivity contribution in [3.8, 4) is 0 Å². The predicted molar refractivity (Wildman–Crippen MR) is 95.4 cm³/mol. The fraction of sp³-hybridized carbons (Fsp3) is 0.667. The molecule has 1 unspecified atom stereocenters. The van der Waals surface area contributed by atoms with Gasteiger partial charge in [0.2, 0.25) is 0 Å². The Morgan fingerprint density at radius 2 is 1.71 bits per heavy atom. The van der Waals surface area contributed by atoms with Gasteiger partial charge in [-0.1, -0.05) is 44.5 Å². The molecule has 0 amide bonds. The van der Waals surface area contributed by atoms with E-state index in [9.17, 15) is 0 Å². The molecular formula is C18H31ClN2. The highest BCUT2D eigenvalue weighted by atomic mass is 35.5. The van der Waals surface area contributed by atoms with Crippen LogP contribution in [0, 0.1) is 5.41 Å². The lowest BCUT2D eigenvalue weighted by molar-refractivity contribution is 0.329. The first-order valence-electron chi connectivity index (χ1n) is 7.69. The quantitative estimate of drug-likeness (QED) is 0.832. The Balaban J connectivity index is 3.10. The van der Waals surface area contributed by atoms with Gasteiger partial charge in [-0.2, -0.15) is 0 Å². The molecular weight excluding hydrogens is 280 g/mol. The van der Waals surface area contributed by atoms with Crippen LogP contribution in [0.3, 0.4) is 0 Å². The number of hydrogen-bond donors (Lipinski definition) is 1. The van der Waals surface area contributed by atoms with E-state index in [2.05, 4.69) is 71.8 Å². The summed E-state index contributed by atoms with van der Waals surface area (Å²) in [4.78, 5) is 2.31. The van der Waals surface area contributed by atoms with Crippen molar-refractivity contribution in [1.82, 2.24) is 5.32 Å². The predicted octanol–water partition coefficient (Wildman–Crippen LogP) is 5.10. The molecule has 1 atom stereocenters. The van der Waals surface area contributed by atoms with E-state index < -0.39 is 0 Å². The van der Waals surface area contributed by atoms with E-state index in [-0.39, 0.29) is 11.0 Å². The zero-order valence-corrected chi connectivity index (χ0v) is 15.6. The lowest BCUT2D eigenvalue weighted by Crippen LogP contribution is -2.41. The Morgan fingerprint density at radius 1 is 1.14 bits per heavy atom. The topological polar surface area (TPSA) is 15.3 Å². The smallest absolute Gasteiger partial charge is 0.0642 e. The van der Waals surface area contributed by atoms with Crippen molar-refractivity contribution in [3.63, 3.8) is 0 Å². The molecule has 0 radical (unpaired) electrons. The number of benzene rings is 1. The molecule has 2 nitrogen and oxygen atoms in total. The van der Waals surface area contributed by atoms with Gasteiger partial charge in [-0.05, 0) is 44.7 Å².